The Morgan fingerprint density at radius 1 is 1.52 bits per heavy atom. The molecule has 1 aliphatic rings. The summed E-state index contributed by atoms with van der Waals surface area (Å²) in [5.41, 5.74) is 1.58. The lowest BCUT2D eigenvalue weighted by Crippen LogP contribution is -2.15. The van der Waals surface area contributed by atoms with Crippen LogP contribution in [0.3, 0.4) is 0 Å². The number of carbonyl (C=O) groups excluding carboxylic acids is 1. The van der Waals surface area contributed by atoms with Crippen LogP contribution in [0.25, 0.3) is 0 Å². The molecule has 2 atom stereocenters. The first-order valence-electron chi connectivity index (χ1n) is 6.55. The Balaban J connectivity index is 2.15. The molecule has 2 N–H and O–H groups in total. The topological polar surface area (TPSA) is 101 Å². The van der Waals surface area contributed by atoms with E-state index in [-0.39, 0.29) is 23.3 Å². The molecule has 1 amide bonds. The second-order valence-electron chi connectivity index (χ2n) is 5.03. The van der Waals surface area contributed by atoms with Gasteiger partial charge in [-0.1, -0.05) is 6.92 Å². The molecule has 0 aliphatic carbocycles. The highest BCUT2D eigenvalue weighted by Crippen LogP contribution is 2.34. The van der Waals surface area contributed by atoms with Gasteiger partial charge in [-0.3, -0.25) is 19.1 Å². The molecule has 0 spiro atoms. The van der Waals surface area contributed by atoms with Crippen LogP contribution in [0.15, 0.2) is 12.1 Å². The summed E-state index contributed by atoms with van der Waals surface area (Å²) in [6.07, 6.45) is 2.45. The van der Waals surface area contributed by atoms with Crippen LogP contribution in [0, 0.1) is 10.1 Å². The molecule has 2 unspecified atom stereocenters. The standard InChI is InChI=1S/C13H17N3O4S/c1-8(21(2)20)3-4-14-11-7-10-9(6-13(17)15-10)5-12(11)16(18)19/h5,7-8,14H,3-4,6H2,1-2H3,(H,15,17). The van der Waals surface area contributed by atoms with Gasteiger partial charge in [0.1, 0.15) is 5.69 Å². The molecule has 114 valence electrons. The quantitative estimate of drug-likeness (QED) is 0.614. The number of nitrogens with one attached hydrogen (secondary N) is 2. The molecule has 1 heterocycles. The third kappa shape index (κ3) is 3.57. The van der Waals surface area contributed by atoms with Crippen LogP contribution < -0.4 is 10.6 Å². The van der Waals surface area contributed by atoms with Crippen LogP contribution in [0.2, 0.25) is 0 Å². The SMILES string of the molecule is CC(CCNc1cc2c(cc1[N+](=O)[O-])CC(=O)N2)S(C)=O. The Kier molecular flexibility index (Phi) is 4.56. The highest BCUT2D eigenvalue weighted by atomic mass is 32.2. The fraction of sp³-hybridized carbons (Fsp3) is 0.462. The van der Waals surface area contributed by atoms with Crippen molar-refractivity contribution in [3.8, 4) is 0 Å². The zero-order valence-electron chi connectivity index (χ0n) is 11.8. The Hall–Kier alpha value is -1.96. The highest BCUT2D eigenvalue weighted by molar-refractivity contribution is 7.84. The van der Waals surface area contributed by atoms with Crippen molar-refractivity contribution in [1.29, 1.82) is 0 Å². The highest BCUT2D eigenvalue weighted by Gasteiger charge is 2.24. The van der Waals surface area contributed by atoms with E-state index in [2.05, 4.69) is 10.6 Å². The number of amides is 1. The molecule has 0 bridgehead atoms. The molecular weight excluding hydrogens is 294 g/mol. The number of nitro groups is 1. The molecule has 7 nitrogen and oxygen atoms in total. The Labute approximate surface area is 124 Å². The lowest BCUT2D eigenvalue weighted by Gasteiger charge is -2.11. The van der Waals surface area contributed by atoms with E-state index in [0.717, 1.165) is 0 Å². The molecule has 2 rings (SSSR count). The maximum absolute atomic E-state index is 11.3. The number of hydrogen-bond acceptors (Lipinski definition) is 5. The van der Waals surface area contributed by atoms with Gasteiger partial charge >= 0.3 is 0 Å². The van der Waals surface area contributed by atoms with Crippen LogP contribution in [0.1, 0.15) is 18.9 Å². The van der Waals surface area contributed by atoms with Gasteiger partial charge in [-0.2, -0.15) is 0 Å². The summed E-state index contributed by atoms with van der Waals surface area (Å²) in [6.45, 7) is 2.35. The van der Waals surface area contributed by atoms with E-state index in [0.29, 0.717) is 29.9 Å². The zero-order chi connectivity index (χ0) is 15.6. The maximum Gasteiger partial charge on any atom is 0.292 e. The minimum absolute atomic E-state index is 0.0192. The van der Waals surface area contributed by atoms with Gasteiger partial charge in [-0.05, 0) is 18.1 Å². The lowest BCUT2D eigenvalue weighted by molar-refractivity contribution is -0.384. The van der Waals surface area contributed by atoms with E-state index >= 15 is 0 Å². The van der Waals surface area contributed by atoms with Gasteiger partial charge in [0.15, 0.2) is 0 Å². The van der Waals surface area contributed by atoms with Crippen molar-refractivity contribution in [3.05, 3.63) is 27.8 Å². The molecule has 1 aromatic rings. The predicted octanol–water partition coefficient (Wildman–Crippen LogP) is 1.66. The Morgan fingerprint density at radius 2 is 2.24 bits per heavy atom. The molecule has 1 aliphatic heterocycles. The number of anilines is 2. The number of carbonyl (C=O) groups is 1. The molecule has 0 fully saturated rings. The van der Waals surface area contributed by atoms with E-state index in [4.69, 9.17) is 0 Å². The normalized spacial score (nSPS) is 16.0. The van der Waals surface area contributed by atoms with Gasteiger partial charge in [0.25, 0.3) is 5.69 Å². The average molecular weight is 311 g/mol. The largest absolute Gasteiger partial charge is 0.379 e. The number of rotatable bonds is 6. The first-order valence-corrected chi connectivity index (χ1v) is 8.18. The fourth-order valence-corrected chi connectivity index (χ4v) is 2.58. The van der Waals surface area contributed by atoms with Crippen molar-refractivity contribution in [3.63, 3.8) is 0 Å². The molecule has 21 heavy (non-hydrogen) atoms. The minimum atomic E-state index is -0.918. The summed E-state index contributed by atoms with van der Waals surface area (Å²) in [4.78, 5) is 22.0. The van der Waals surface area contributed by atoms with Gasteiger partial charge < -0.3 is 10.6 Å². The van der Waals surface area contributed by atoms with E-state index < -0.39 is 15.7 Å². The van der Waals surface area contributed by atoms with Crippen molar-refractivity contribution in [2.75, 3.05) is 23.4 Å². The molecule has 1 aromatic carbocycles. The third-order valence-corrected chi connectivity index (χ3v) is 4.85. The second kappa shape index (κ2) is 6.21. The van der Waals surface area contributed by atoms with Gasteiger partial charge in [0.2, 0.25) is 5.91 Å². The van der Waals surface area contributed by atoms with Crippen LogP contribution in [-0.2, 0) is 22.0 Å². The van der Waals surface area contributed by atoms with E-state index in [1.165, 1.54) is 6.07 Å². The molecule has 8 heteroatoms. The first kappa shape index (κ1) is 15.4. The number of fused-ring (bicyclic) bond motifs is 1. The molecule has 0 aromatic heterocycles. The van der Waals surface area contributed by atoms with E-state index in [1.54, 1.807) is 12.3 Å². The van der Waals surface area contributed by atoms with Gasteiger partial charge in [-0.15, -0.1) is 0 Å². The van der Waals surface area contributed by atoms with E-state index in [9.17, 15) is 19.1 Å². The smallest absolute Gasteiger partial charge is 0.292 e. The van der Waals surface area contributed by atoms with Crippen LogP contribution in [0.5, 0.6) is 0 Å². The maximum atomic E-state index is 11.3. The molecule has 0 radical (unpaired) electrons. The number of hydrogen-bond donors (Lipinski definition) is 2. The van der Waals surface area contributed by atoms with Crippen molar-refractivity contribution >= 4 is 33.8 Å². The number of nitro benzene ring substituents is 1. The minimum Gasteiger partial charge on any atom is -0.379 e. The number of benzene rings is 1. The van der Waals surface area contributed by atoms with Gasteiger partial charge in [0, 0.05) is 40.6 Å². The summed E-state index contributed by atoms with van der Waals surface area (Å²) in [5.74, 6) is -0.161. The molecular formula is C13H17N3O4S. The Bertz CT molecular complexity index is 618. The fourth-order valence-electron chi connectivity index (χ4n) is 2.13. The Morgan fingerprint density at radius 3 is 2.86 bits per heavy atom. The molecule has 0 saturated carbocycles. The van der Waals surface area contributed by atoms with E-state index in [1.807, 2.05) is 6.92 Å². The zero-order valence-corrected chi connectivity index (χ0v) is 12.7. The predicted molar refractivity (Wildman–Crippen MR) is 82.1 cm³/mol. The summed E-state index contributed by atoms with van der Waals surface area (Å²) in [7, 11) is -0.918. The molecule has 0 saturated heterocycles. The van der Waals surface area contributed by atoms with Gasteiger partial charge in [0.05, 0.1) is 11.3 Å². The summed E-state index contributed by atoms with van der Waals surface area (Å²) in [6, 6.07) is 3.02. The van der Waals surface area contributed by atoms with Crippen molar-refractivity contribution in [2.24, 2.45) is 0 Å². The second-order valence-corrected chi connectivity index (χ2v) is 6.84. The third-order valence-electron chi connectivity index (χ3n) is 3.48. The summed E-state index contributed by atoms with van der Waals surface area (Å²) in [5, 5.41) is 16.8. The number of nitrogens with zero attached hydrogens (tertiary/aromatic N) is 1. The summed E-state index contributed by atoms with van der Waals surface area (Å²) < 4.78 is 11.3. The van der Waals surface area contributed by atoms with Gasteiger partial charge in [-0.25, -0.2) is 0 Å². The monoisotopic (exact) mass is 311 g/mol. The van der Waals surface area contributed by atoms with Crippen LogP contribution >= 0.6 is 0 Å². The van der Waals surface area contributed by atoms with Crippen molar-refractivity contribution in [2.45, 2.75) is 25.0 Å². The summed E-state index contributed by atoms with van der Waals surface area (Å²) >= 11 is 0. The van der Waals surface area contributed by atoms with Crippen molar-refractivity contribution < 1.29 is 13.9 Å². The average Bonchev–Trinajstić information content (AvgIpc) is 2.76. The van der Waals surface area contributed by atoms with Crippen molar-refractivity contribution in [1.82, 2.24) is 0 Å². The van der Waals surface area contributed by atoms with Crippen LogP contribution in [-0.4, -0.2) is 33.1 Å². The lowest BCUT2D eigenvalue weighted by atomic mass is 10.1. The first-order chi connectivity index (χ1) is 9.88. The van der Waals surface area contributed by atoms with Crippen LogP contribution in [0.4, 0.5) is 17.1 Å².